The number of amides is 1. The van der Waals surface area contributed by atoms with Crippen LogP contribution in [0.1, 0.15) is 37.7 Å². The summed E-state index contributed by atoms with van der Waals surface area (Å²) in [7, 11) is 0. The molecular weight excluding hydrogens is 330 g/mol. The molecule has 24 heavy (non-hydrogen) atoms. The summed E-state index contributed by atoms with van der Waals surface area (Å²) in [6, 6.07) is 7.37. The van der Waals surface area contributed by atoms with Gasteiger partial charge in [0.1, 0.15) is 0 Å². The molecule has 3 rings (SSSR count). The van der Waals surface area contributed by atoms with E-state index in [9.17, 15) is 9.59 Å². The van der Waals surface area contributed by atoms with Crippen molar-refractivity contribution in [2.75, 3.05) is 13.2 Å². The lowest BCUT2D eigenvalue weighted by Gasteiger charge is -2.37. The minimum absolute atomic E-state index is 0.0602. The molecule has 1 aromatic rings. The number of carbonyl (C=O) groups is 2. The maximum absolute atomic E-state index is 13.1. The summed E-state index contributed by atoms with van der Waals surface area (Å²) in [6.45, 7) is 1.03. The molecule has 0 unspecified atom stereocenters. The fraction of sp³-hybridized carbons (Fsp3) is 0.556. The molecule has 5 nitrogen and oxygen atoms in total. The first-order chi connectivity index (χ1) is 11.5. The second-order valence-electron chi connectivity index (χ2n) is 6.69. The monoisotopic (exact) mass is 351 g/mol. The first kappa shape index (κ1) is 17.2. The summed E-state index contributed by atoms with van der Waals surface area (Å²) in [5.74, 6) is -1.20. The Balaban J connectivity index is 1.81. The van der Waals surface area contributed by atoms with Gasteiger partial charge >= 0.3 is 5.97 Å². The van der Waals surface area contributed by atoms with Gasteiger partial charge in [-0.25, -0.2) is 0 Å². The number of benzene rings is 1. The smallest absolute Gasteiger partial charge is 0.306 e. The molecule has 1 saturated heterocycles. The second-order valence-corrected chi connectivity index (χ2v) is 7.10. The molecule has 0 spiro atoms. The van der Waals surface area contributed by atoms with E-state index in [1.165, 1.54) is 0 Å². The Hall–Kier alpha value is -1.59. The van der Waals surface area contributed by atoms with Crippen LogP contribution in [0.2, 0.25) is 5.02 Å². The van der Waals surface area contributed by atoms with Gasteiger partial charge in [0.15, 0.2) is 0 Å². The summed E-state index contributed by atoms with van der Waals surface area (Å²) in [5.41, 5.74) is 0.137. The number of carboxylic acids is 1. The van der Waals surface area contributed by atoms with Crippen molar-refractivity contribution in [1.82, 2.24) is 5.32 Å². The normalized spacial score (nSPS) is 26.0. The molecule has 1 saturated carbocycles. The van der Waals surface area contributed by atoms with Crippen LogP contribution in [-0.4, -0.2) is 36.2 Å². The third kappa shape index (κ3) is 3.28. The largest absolute Gasteiger partial charge is 0.481 e. The van der Waals surface area contributed by atoms with E-state index in [1.54, 1.807) is 6.07 Å². The molecule has 1 aromatic carbocycles. The van der Waals surface area contributed by atoms with Crippen LogP contribution < -0.4 is 5.32 Å². The van der Waals surface area contributed by atoms with Crippen molar-refractivity contribution in [3.63, 3.8) is 0 Å². The van der Waals surface area contributed by atoms with Gasteiger partial charge in [-0.05, 0) is 43.7 Å². The highest BCUT2D eigenvalue weighted by Gasteiger charge is 2.44. The van der Waals surface area contributed by atoms with Crippen LogP contribution in [0.5, 0.6) is 0 Å². The molecule has 6 heteroatoms. The number of aliphatic carboxylic acids is 1. The fourth-order valence-electron chi connectivity index (χ4n) is 3.85. The predicted octanol–water partition coefficient (Wildman–Crippen LogP) is 2.76. The van der Waals surface area contributed by atoms with E-state index in [4.69, 9.17) is 21.4 Å². The third-order valence-electron chi connectivity index (χ3n) is 5.29. The Morgan fingerprint density at radius 3 is 2.54 bits per heavy atom. The molecule has 1 amide bonds. The van der Waals surface area contributed by atoms with Gasteiger partial charge in [0.25, 0.3) is 0 Å². The van der Waals surface area contributed by atoms with Crippen LogP contribution in [0, 0.1) is 5.92 Å². The average molecular weight is 352 g/mol. The molecule has 0 radical (unpaired) electrons. The zero-order valence-corrected chi connectivity index (χ0v) is 14.2. The molecule has 1 aliphatic carbocycles. The lowest BCUT2D eigenvalue weighted by Crippen LogP contribution is -2.50. The van der Waals surface area contributed by atoms with Crippen molar-refractivity contribution in [3.8, 4) is 0 Å². The van der Waals surface area contributed by atoms with Gasteiger partial charge in [0.2, 0.25) is 5.91 Å². The summed E-state index contributed by atoms with van der Waals surface area (Å²) < 4.78 is 5.45. The van der Waals surface area contributed by atoms with E-state index in [2.05, 4.69) is 5.32 Å². The molecule has 2 N–H and O–H groups in total. The van der Waals surface area contributed by atoms with Crippen LogP contribution in [0.4, 0.5) is 0 Å². The predicted molar refractivity (Wildman–Crippen MR) is 90.1 cm³/mol. The van der Waals surface area contributed by atoms with Crippen molar-refractivity contribution < 1.29 is 19.4 Å². The number of carboxylic acid groups (broad SMARTS) is 1. The van der Waals surface area contributed by atoms with Gasteiger partial charge in [-0.15, -0.1) is 0 Å². The number of hydrogen-bond donors (Lipinski definition) is 2. The van der Waals surface area contributed by atoms with E-state index in [0.717, 1.165) is 5.56 Å². The molecule has 0 aromatic heterocycles. The molecule has 1 aliphatic heterocycles. The fourth-order valence-corrected chi connectivity index (χ4v) is 4.16. The maximum Gasteiger partial charge on any atom is 0.306 e. The van der Waals surface area contributed by atoms with Crippen molar-refractivity contribution in [2.24, 2.45) is 5.92 Å². The molecule has 130 valence electrons. The van der Waals surface area contributed by atoms with E-state index >= 15 is 0 Å². The zero-order chi connectivity index (χ0) is 17.2. The van der Waals surface area contributed by atoms with Crippen LogP contribution in [0.25, 0.3) is 0 Å². The summed E-state index contributed by atoms with van der Waals surface area (Å²) in [5, 5.41) is 12.8. The molecule has 2 aliphatic rings. The third-order valence-corrected chi connectivity index (χ3v) is 5.62. The highest BCUT2D eigenvalue weighted by molar-refractivity contribution is 6.31. The zero-order valence-electron chi connectivity index (χ0n) is 13.5. The van der Waals surface area contributed by atoms with Crippen LogP contribution >= 0.6 is 11.6 Å². The Morgan fingerprint density at radius 1 is 1.21 bits per heavy atom. The molecule has 1 heterocycles. The molecule has 2 fully saturated rings. The SMILES string of the molecule is O=C(O)[C@H]1CC[C@@H](NC(=O)C2(c3ccccc3Cl)CCOCC2)C1. The topological polar surface area (TPSA) is 75.6 Å². The van der Waals surface area contributed by atoms with Crippen LogP contribution in [0.15, 0.2) is 24.3 Å². The lowest BCUT2D eigenvalue weighted by atomic mass is 9.73. The van der Waals surface area contributed by atoms with E-state index in [1.807, 2.05) is 18.2 Å². The Bertz CT molecular complexity index is 627. The minimum atomic E-state index is -0.779. The van der Waals surface area contributed by atoms with Gasteiger partial charge in [-0.3, -0.25) is 9.59 Å². The van der Waals surface area contributed by atoms with Crippen LogP contribution in [0.3, 0.4) is 0 Å². The number of carbonyl (C=O) groups excluding carboxylic acids is 1. The van der Waals surface area contributed by atoms with Crippen molar-refractivity contribution >= 4 is 23.5 Å². The highest BCUT2D eigenvalue weighted by atomic mass is 35.5. The summed E-state index contributed by atoms with van der Waals surface area (Å²) >= 11 is 6.37. The van der Waals surface area contributed by atoms with Gasteiger partial charge in [0.05, 0.1) is 11.3 Å². The van der Waals surface area contributed by atoms with Gasteiger partial charge in [0, 0.05) is 24.3 Å². The number of hydrogen-bond acceptors (Lipinski definition) is 3. The maximum atomic E-state index is 13.1. The standard InChI is InChI=1S/C18H22ClNO4/c19-15-4-2-1-3-14(15)18(7-9-24-10-8-18)17(23)20-13-6-5-12(11-13)16(21)22/h1-4,12-13H,5-11H2,(H,20,23)(H,21,22)/t12-,13+/m0/s1. The summed E-state index contributed by atoms with van der Waals surface area (Å²) in [4.78, 5) is 24.2. The number of nitrogens with one attached hydrogen (secondary N) is 1. The van der Waals surface area contributed by atoms with Crippen molar-refractivity contribution in [2.45, 2.75) is 43.6 Å². The van der Waals surface area contributed by atoms with Gasteiger partial charge < -0.3 is 15.2 Å². The lowest BCUT2D eigenvalue weighted by molar-refractivity contribution is -0.141. The van der Waals surface area contributed by atoms with Gasteiger partial charge in [-0.1, -0.05) is 29.8 Å². The average Bonchev–Trinajstić information content (AvgIpc) is 3.04. The molecule has 2 atom stereocenters. The second kappa shape index (κ2) is 7.11. The van der Waals surface area contributed by atoms with E-state index < -0.39 is 11.4 Å². The van der Waals surface area contributed by atoms with E-state index in [-0.39, 0.29) is 17.9 Å². The quantitative estimate of drug-likeness (QED) is 0.874. The van der Waals surface area contributed by atoms with Crippen molar-refractivity contribution in [1.29, 1.82) is 0 Å². The Kier molecular flexibility index (Phi) is 5.11. The first-order valence-electron chi connectivity index (χ1n) is 8.39. The minimum Gasteiger partial charge on any atom is -0.481 e. The Morgan fingerprint density at radius 2 is 1.92 bits per heavy atom. The first-order valence-corrected chi connectivity index (χ1v) is 8.77. The number of rotatable bonds is 4. The van der Waals surface area contributed by atoms with Gasteiger partial charge in [-0.2, -0.15) is 0 Å². The van der Waals surface area contributed by atoms with Crippen molar-refractivity contribution in [3.05, 3.63) is 34.9 Å². The highest BCUT2D eigenvalue weighted by Crippen LogP contribution is 2.39. The van der Waals surface area contributed by atoms with E-state index in [0.29, 0.717) is 50.3 Å². The molecular formula is C18H22ClNO4. The molecule has 0 bridgehead atoms. The summed E-state index contributed by atoms with van der Waals surface area (Å²) in [6.07, 6.45) is 2.98. The Labute approximate surface area is 146 Å². The number of halogens is 1. The van der Waals surface area contributed by atoms with Crippen LogP contribution in [-0.2, 0) is 19.7 Å². The number of ether oxygens (including phenoxy) is 1.